The van der Waals surface area contributed by atoms with Gasteiger partial charge in [0.25, 0.3) is 0 Å². The Bertz CT molecular complexity index is 409. The average Bonchev–Trinajstić information content (AvgIpc) is 2.60. The molecule has 0 saturated heterocycles. The molecule has 0 aliphatic heterocycles. The molecule has 0 aliphatic rings. The van der Waals surface area contributed by atoms with Crippen LogP contribution < -0.4 is 10.6 Å². The number of aromatic nitrogens is 2. The maximum atomic E-state index is 5.77. The van der Waals surface area contributed by atoms with Crippen LogP contribution in [0.25, 0.3) is 0 Å². The first-order valence-electron chi connectivity index (χ1n) is 7.49. The van der Waals surface area contributed by atoms with Gasteiger partial charge >= 0.3 is 0 Å². The fraction of sp³-hybridized carbons (Fsp3) is 0.800. The van der Waals surface area contributed by atoms with Crippen LogP contribution in [0.15, 0.2) is 0 Å². The van der Waals surface area contributed by atoms with Crippen molar-refractivity contribution in [2.24, 2.45) is 18.7 Å². The molecular formula is C15H31N5. The number of hydrogen-bond donors (Lipinski definition) is 1. The predicted octanol–water partition coefficient (Wildman–Crippen LogP) is 1.25. The molecule has 0 unspecified atom stereocenters. The first-order chi connectivity index (χ1) is 9.36. The Morgan fingerprint density at radius 1 is 1.25 bits per heavy atom. The number of nitrogens with zero attached hydrogens (tertiary/aromatic N) is 4. The lowest BCUT2D eigenvalue weighted by Crippen LogP contribution is -2.36. The highest BCUT2D eigenvalue weighted by atomic mass is 15.4. The molecule has 0 bridgehead atoms. The molecule has 5 nitrogen and oxygen atoms in total. The summed E-state index contributed by atoms with van der Waals surface area (Å²) in [5, 5.41) is 4.59. The minimum Gasteiger partial charge on any atom is -0.355 e. The van der Waals surface area contributed by atoms with Gasteiger partial charge in [0.05, 0.1) is 5.69 Å². The van der Waals surface area contributed by atoms with Crippen molar-refractivity contribution in [1.29, 1.82) is 0 Å². The molecule has 0 aromatic carbocycles. The topological polar surface area (TPSA) is 50.3 Å². The number of aryl methyl sites for hydroxylation is 2. The maximum Gasteiger partial charge on any atom is 0.130 e. The van der Waals surface area contributed by atoms with E-state index in [1.165, 1.54) is 11.4 Å². The molecule has 2 N–H and O–H groups in total. The van der Waals surface area contributed by atoms with Crippen LogP contribution in [0, 0.1) is 12.8 Å². The summed E-state index contributed by atoms with van der Waals surface area (Å²) in [6.45, 7) is 10.4. The third kappa shape index (κ3) is 4.49. The third-order valence-corrected chi connectivity index (χ3v) is 3.41. The van der Waals surface area contributed by atoms with Gasteiger partial charge in [0.15, 0.2) is 0 Å². The number of hydrogen-bond acceptors (Lipinski definition) is 4. The van der Waals surface area contributed by atoms with Gasteiger partial charge in [0, 0.05) is 32.2 Å². The van der Waals surface area contributed by atoms with Gasteiger partial charge < -0.3 is 15.5 Å². The van der Waals surface area contributed by atoms with Crippen LogP contribution in [-0.2, 0) is 13.5 Å². The number of anilines is 1. The van der Waals surface area contributed by atoms with Crippen molar-refractivity contribution in [3.8, 4) is 0 Å². The Labute approximate surface area is 123 Å². The van der Waals surface area contributed by atoms with E-state index in [0.717, 1.165) is 31.7 Å². The Hall–Kier alpha value is -1.07. The summed E-state index contributed by atoms with van der Waals surface area (Å²) in [4.78, 5) is 4.68. The normalized spacial score (nSPS) is 11.7. The molecule has 0 aliphatic carbocycles. The van der Waals surface area contributed by atoms with E-state index in [2.05, 4.69) is 49.8 Å². The molecule has 0 spiro atoms. The predicted molar refractivity (Wildman–Crippen MR) is 86.3 cm³/mol. The zero-order chi connectivity index (χ0) is 15.3. The molecule has 0 saturated carbocycles. The lowest BCUT2D eigenvalue weighted by Gasteiger charge is -2.29. The highest BCUT2D eigenvalue weighted by Crippen LogP contribution is 2.24. The van der Waals surface area contributed by atoms with Crippen LogP contribution in [-0.4, -0.2) is 55.0 Å². The molecule has 1 aromatic rings. The third-order valence-electron chi connectivity index (χ3n) is 3.41. The van der Waals surface area contributed by atoms with E-state index < -0.39 is 0 Å². The summed E-state index contributed by atoms with van der Waals surface area (Å²) < 4.78 is 2.01. The molecule has 0 fully saturated rings. The average molecular weight is 281 g/mol. The van der Waals surface area contributed by atoms with Crippen LogP contribution in [0.1, 0.15) is 25.1 Å². The van der Waals surface area contributed by atoms with Gasteiger partial charge in [-0.25, -0.2) is 0 Å². The molecule has 20 heavy (non-hydrogen) atoms. The minimum absolute atomic E-state index is 0.623. The fourth-order valence-electron chi connectivity index (χ4n) is 2.57. The summed E-state index contributed by atoms with van der Waals surface area (Å²) in [6.07, 6.45) is 0.894. The molecular weight excluding hydrogens is 250 g/mol. The van der Waals surface area contributed by atoms with Gasteiger partial charge in [-0.2, -0.15) is 5.10 Å². The van der Waals surface area contributed by atoms with Gasteiger partial charge in [-0.1, -0.05) is 13.8 Å². The number of rotatable bonds is 8. The van der Waals surface area contributed by atoms with Crippen LogP contribution >= 0.6 is 0 Å². The van der Waals surface area contributed by atoms with E-state index in [-0.39, 0.29) is 0 Å². The molecule has 0 atom stereocenters. The van der Waals surface area contributed by atoms with Crippen molar-refractivity contribution in [3.05, 3.63) is 11.3 Å². The maximum absolute atomic E-state index is 5.77. The first kappa shape index (κ1) is 17.0. The highest BCUT2D eigenvalue weighted by molar-refractivity contribution is 5.50. The molecule has 1 aromatic heterocycles. The molecule has 1 heterocycles. The van der Waals surface area contributed by atoms with Crippen LogP contribution in [0.2, 0.25) is 0 Å². The standard InChI is InChI=1S/C15H31N5/c1-12(2)11-20(10-9-18(4)5)15-14(7-8-16)13(3)17-19(15)6/h12H,7-11,16H2,1-6H3. The van der Waals surface area contributed by atoms with Crippen molar-refractivity contribution in [2.75, 3.05) is 45.2 Å². The van der Waals surface area contributed by atoms with Crippen molar-refractivity contribution >= 4 is 5.82 Å². The molecule has 0 radical (unpaired) electrons. The number of likely N-dealkylation sites (N-methyl/N-ethyl adjacent to an activating group) is 1. The first-order valence-corrected chi connectivity index (χ1v) is 7.49. The molecule has 0 amide bonds. The SMILES string of the molecule is Cc1nn(C)c(N(CCN(C)C)CC(C)C)c1CCN. The van der Waals surface area contributed by atoms with Gasteiger partial charge in [-0.15, -0.1) is 0 Å². The second kappa shape index (κ2) is 7.64. The van der Waals surface area contributed by atoms with Gasteiger partial charge in [0.1, 0.15) is 5.82 Å². The molecule has 1 rings (SSSR count). The lowest BCUT2D eigenvalue weighted by atomic mass is 10.1. The van der Waals surface area contributed by atoms with E-state index in [1.807, 2.05) is 11.7 Å². The Kier molecular flexibility index (Phi) is 6.49. The highest BCUT2D eigenvalue weighted by Gasteiger charge is 2.19. The smallest absolute Gasteiger partial charge is 0.130 e. The lowest BCUT2D eigenvalue weighted by molar-refractivity contribution is 0.407. The van der Waals surface area contributed by atoms with E-state index in [4.69, 9.17) is 5.73 Å². The van der Waals surface area contributed by atoms with Crippen molar-refractivity contribution in [3.63, 3.8) is 0 Å². The Morgan fingerprint density at radius 2 is 1.90 bits per heavy atom. The van der Waals surface area contributed by atoms with Crippen molar-refractivity contribution in [2.45, 2.75) is 27.2 Å². The van der Waals surface area contributed by atoms with E-state index >= 15 is 0 Å². The summed E-state index contributed by atoms with van der Waals surface area (Å²) in [6, 6.07) is 0. The number of nitrogens with two attached hydrogens (primary N) is 1. The monoisotopic (exact) mass is 281 g/mol. The molecule has 116 valence electrons. The summed E-state index contributed by atoms with van der Waals surface area (Å²) in [5.74, 6) is 1.86. The fourth-order valence-corrected chi connectivity index (χ4v) is 2.57. The van der Waals surface area contributed by atoms with Crippen LogP contribution in [0.5, 0.6) is 0 Å². The second-order valence-corrected chi connectivity index (χ2v) is 6.19. The largest absolute Gasteiger partial charge is 0.355 e. The van der Waals surface area contributed by atoms with Gasteiger partial charge in [0.2, 0.25) is 0 Å². The molecule has 5 heteroatoms. The van der Waals surface area contributed by atoms with Gasteiger partial charge in [-0.05, 0) is 39.9 Å². The van der Waals surface area contributed by atoms with Gasteiger partial charge in [-0.3, -0.25) is 4.68 Å². The summed E-state index contributed by atoms with van der Waals surface area (Å²) >= 11 is 0. The van der Waals surface area contributed by atoms with E-state index in [1.54, 1.807) is 0 Å². The Balaban J connectivity index is 3.04. The van der Waals surface area contributed by atoms with Crippen molar-refractivity contribution in [1.82, 2.24) is 14.7 Å². The minimum atomic E-state index is 0.623. The van der Waals surface area contributed by atoms with Crippen molar-refractivity contribution < 1.29 is 0 Å². The second-order valence-electron chi connectivity index (χ2n) is 6.19. The summed E-state index contributed by atoms with van der Waals surface area (Å²) in [7, 11) is 6.26. The van der Waals surface area contributed by atoms with Crippen LogP contribution in [0.3, 0.4) is 0 Å². The zero-order valence-electron chi connectivity index (χ0n) is 14.0. The van der Waals surface area contributed by atoms with Crippen LogP contribution in [0.4, 0.5) is 5.82 Å². The summed E-state index contributed by atoms with van der Waals surface area (Å²) in [5.41, 5.74) is 8.17. The Morgan fingerprint density at radius 3 is 2.40 bits per heavy atom. The van der Waals surface area contributed by atoms with E-state index in [0.29, 0.717) is 12.5 Å². The quantitative estimate of drug-likeness (QED) is 0.779. The van der Waals surface area contributed by atoms with E-state index in [9.17, 15) is 0 Å². The zero-order valence-corrected chi connectivity index (χ0v) is 14.0.